The van der Waals surface area contributed by atoms with Crippen molar-refractivity contribution in [1.82, 2.24) is 4.98 Å². The van der Waals surface area contributed by atoms with E-state index in [9.17, 15) is 0 Å². The maximum absolute atomic E-state index is 5.94. The van der Waals surface area contributed by atoms with Crippen LogP contribution in [-0.4, -0.2) is 18.6 Å². The molecule has 0 aliphatic rings. The summed E-state index contributed by atoms with van der Waals surface area (Å²) < 4.78 is 0. The normalized spacial score (nSPS) is 12.9. The molecule has 0 unspecified atom stereocenters. The second kappa shape index (κ2) is 5.85. The largest absolute Gasteiger partial charge is 0.359 e. The zero-order valence-electron chi connectivity index (χ0n) is 10.8. The van der Waals surface area contributed by atoms with Gasteiger partial charge >= 0.3 is 0 Å². The number of anilines is 1. The Balaban J connectivity index is 2.77. The van der Waals surface area contributed by atoms with Crippen LogP contribution in [-0.2, 0) is 0 Å². The van der Waals surface area contributed by atoms with Crippen molar-refractivity contribution in [2.45, 2.75) is 33.2 Å². The molecule has 1 rings (SSSR count). The van der Waals surface area contributed by atoms with Crippen LogP contribution in [0, 0.1) is 5.92 Å². The third kappa shape index (κ3) is 3.49. The van der Waals surface area contributed by atoms with E-state index in [4.69, 9.17) is 5.73 Å². The number of aromatic nitrogens is 1. The minimum atomic E-state index is 0.0326. The van der Waals surface area contributed by atoms with Crippen LogP contribution >= 0.6 is 0 Å². The highest BCUT2D eigenvalue weighted by atomic mass is 15.2. The molecule has 0 saturated heterocycles. The molecular formula is C13H23N3. The van der Waals surface area contributed by atoms with Gasteiger partial charge in [-0.2, -0.15) is 0 Å². The summed E-state index contributed by atoms with van der Waals surface area (Å²) in [6.07, 6.45) is 3.00. The molecule has 0 aliphatic heterocycles. The molecule has 0 radical (unpaired) electrons. The first kappa shape index (κ1) is 13.0. The number of nitrogens with two attached hydrogens (primary N) is 1. The Hall–Kier alpha value is -1.09. The monoisotopic (exact) mass is 221 g/mol. The topological polar surface area (TPSA) is 42.2 Å². The molecule has 0 spiro atoms. The van der Waals surface area contributed by atoms with Crippen molar-refractivity contribution in [3.05, 3.63) is 23.9 Å². The Kier molecular flexibility index (Phi) is 4.74. The number of pyridine rings is 1. The zero-order valence-corrected chi connectivity index (χ0v) is 10.8. The van der Waals surface area contributed by atoms with Crippen LogP contribution in [0.2, 0.25) is 0 Å². The van der Waals surface area contributed by atoms with E-state index in [2.05, 4.69) is 36.8 Å². The first-order valence-electron chi connectivity index (χ1n) is 5.94. The van der Waals surface area contributed by atoms with Gasteiger partial charge in [0.25, 0.3) is 0 Å². The minimum Gasteiger partial charge on any atom is -0.359 e. The lowest BCUT2D eigenvalue weighted by molar-refractivity contribution is 0.582. The summed E-state index contributed by atoms with van der Waals surface area (Å²) in [6, 6.07) is 4.03. The van der Waals surface area contributed by atoms with E-state index < -0.39 is 0 Å². The molecule has 90 valence electrons. The van der Waals surface area contributed by atoms with Gasteiger partial charge in [-0.1, -0.05) is 19.9 Å². The second-order valence-corrected chi connectivity index (χ2v) is 4.81. The van der Waals surface area contributed by atoms with Crippen LogP contribution in [0.3, 0.4) is 0 Å². The summed E-state index contributed by atoms with van der Waals surface area (Å²) in [4.78, 5) is 6.62. The Morgan fingerprint density at radius 2 is 2.06 bits per heavy atom. The molecule has 1 aromatic heterocycles. The Labute approximate surface area is 98.7 Å². The van der Waals surface area contributed by atoms with Crippen molar-refractivity contribution in [3.63, 3.8) is 0 Å². The smallest absolute Gasteiger partial charge is 0.133 e. The van der Waals surface area contributed by atoms with Crippen molar-refractivity contribution in [3.8, 4) is 0 Å². The molecule has 1 atom stereocenters. The van der Waals surface area contributed by atoms with E-state index in [-0.39, 0.29) is 6.04 Å². The van der Waals surface area contributed by atoms with Gasteiger partial charge in [-0.15, -0.1) is 0 Å². The van der Waals surface area contributed by atoms with Gasteiger partial charge in [0.1, 0.15) is 5.82 Å². The summed E-state index contributed by atoms with van der Waals surface area (Å²) >= 11 is 0. The maximum Gasteiger partial charge on any atom is 0.133 e. The van der Waals surface area contributed by atoms with E-state index in [1.165, 1.54) is 6.42 Å². The molecule has 0 saturated carbocycles. The van der Waals surface area contributed by atoms with Crippen LogP contribution < -0.4 is 10.6 Å². The van der Waals surface area contributed by atoms with Gasteiger partial charge in [0.05, 0.1) is 0 Å². The zero-order chi connectivity index (χ0) is 12.1. The summed E-state index contributed by atoms with van der Waals surface area (Å²) in [5.74, 6) is 1.73. The van der Waals surface area contributed by atoms with Crippen LogP contribution in [0.25, 0.3) is 0 Å². The Morgan fingerprint density at radius 1 is 1.38 bits per heavy atom. The van der Waals surface area contributed by atoms with Crippen molar-refractivity contribution in [2.75, 3.05) is 18.5 Å². The number of rotatable bonds is 5. The summed E-state index contributed by atoms with van der Waals surface area (Å²) in [6.45, 7) is 7.49. The first-order valence-corrected chi connectivity index (χ1v) is 5.94. The van der Waals surface area contributed by atoms with E-state index >= 15 is 0 Å². The van der Waals surface area contributed by atoms with Gasteiger partial charge in [0.2, 0.25) is 0 Å². The average molecular weight is 221 g/mol. The molecule has 0 amide bonds. The third-order valence-corrected chi connectivity index (χ3v) is 2.71. The van der Waals surface area contributed by atoms with Gasteiger partial charge in [-0.25, -0.2) is 4.98 Å². The average Bonchev–Trinajstić information content (AvgIpc) is 2.25. The van der Waals surface area contributed by atoms with Gasteiger partial charge in [0.15, 0.2) is 0 Å². The van der Waals surface area contributed by atoms with Crippen LogP contribution in [0.4, 0.5) is 5.82 Å². The molecule has 0 aliphatic carbocycles. The van der Waals surface area contributed by atoms with Crippen molar-refractivity contribution in [2.24, 2.45) is 11.7 Å². The molecule has 0 bridgehead atoms. The molecule has 16 heavy (non-hydrogen) atoms. The number of nitrogens with zero attached hydrogens (tertiary/aromatic N) is 2. The highest BCUT2D eigenvalue weighted by molar-refractivity contribution is 5.47. The fraction of sp³-hybridized carbons (Fsp3) is 0.615. The summed E-state index contributed by atoms with van der Waals surface area (Å²) in [5, 5.41) is 0. The first-order chi connectivity index (χ1) is 7.52. The molecule has 2 N–H and O–H groups in total. The van der Waals surface area contributed by atoms with Crippen molar-refractivity contribution < 1.29 is 0 Å². The molecule has 3 heteroatoms. The second-order valence-electron chi connectivity index (χ2n) is 4.81. The standard InChI is InChI=1S/C13H23N3/c1-10(2)7-9-16(4)13-12(11(3)14)6-5-8-15-13/h5-6,8,10-11H,7,9,14H2,1-4H3/t11-/m1/s1. The quantitative estimate of drug-likeness (QED) is 0.831. The number of hydrogen-bond donors (Lipinski definition) is 1. The molecule has 0 aromatic carbocycles. The molecule has 3 nitrogen and oxygen atoms in total. The lowest BCUT2D eigenvalue weighted by Gasteiger charge is -2.23. The van der Waals surface area contributed by atoms with Crippen molar-refractivity contribution in [1.29, 1.82) is 0 Å². The summed E-state index contributed by atoms with van der Waals surface area (Å²) in [7, 11) is 2.08. The maximum atomic E-state index is 5.94. The highest BCUT2D eigenvalue weighted by Gasteiger charge is 2.11. The van der Waals surface area contributed by atoms with Crippen molar-refractivity contribution >= 4 is 5.82 Å². The van der Waals surface area contributed by atoms with Crippen LogP contribution in [0.5, 0.6) is 0 Å². The van der Waals surface area contributed by atoms with Gasteiger partial charge in [0, 0.05) is 31.4 Å². The fourth-order valence-electron chi connectivity index (χ4n) is 1.64. The lowest BCUT2D eigenvalue weighted by atomic mass is 10.1. The van der Waals surface area contributed by atoms with E-state index in [1.54, 1.807) is 0 Å². The predicted octanol–water partition coefficient (Wildman–Crippen LogP) is 2.58. The molecular weight excluding hydrogens is 198 g/mol. The van der Waals surface area contributed by atoms with Crippen LogP contribution in [0.15, 0.2) is 18.3 Å². The number of hydrogen-bond acceptors (Lipinski definition) is 3. The predicted molar refractivity (Wildman–Crippen MR) is 69.6 cm³/mol. The molecule has 0 fully saturated rings. The Morgan fingerprint density at radius 3 is 2.62 bits per heavy atom. The van der Waals surface area contributed by atoms with Gasteiger partial charge < -0.3 is 10.6 Å². The van der Waals surface area contributed by atoms with Crippen LogP contribution in [0.1, 0.15) is 38.8 Å². The van der Waals surface area contributed by atoms with Gasteiger partial charge in [-0.3, -0.25) is 0 Å². The SMILES string of the molecule is CC(C)CCN(C)c1ncccc1[C@@H](C)N. The minimum absolute atomic E-state index is 0.0326. The van der Waals surface area contributed by atoms with E-state index in [0.717, 1.165) is 17.9 Å². The van der Waals surface area contributed by atoms with E-state index in [1.807, 2.05) is 19.2 Å². The summed E-state index contributed by atoms with van der Waals surface area (Å²) in [5.41, 5.74) is 7.06. The molecule has 1 heterocycles. The molecule has 1 aromatic rings. The lowest BCUT2D eigenvalue weighted by Crippen LogP contribution is -2.23. The van der Waals surface area contributed by atoms with Gasteiger partial charge in [-0.05, 0) is 25.3 Å². The fourth-order valence-corrected chi connectivity index (χ4v) is 1.64. The third-order valence-electron chi connectivity index (χ3n) is 2.71. The van der Waals surface area contributed by atoms with E-state index in [0.29, 0.717) is 5.92 Å². The Bertz CT molecular complexity index is 321. The highest BCUT2D eigenvalue weighted by Crippen LogP contribution is 2.21.